The summed E-state index contributed by atoms with van der Waals surface area (Å²) in [5.74, 6) is 1.92. The second-order valence-corrected chi connectivity index (χ2v) is 6.73. The van der Waals surface area contributed by atoms with Gasteiger partial charge >= 0.3 is 0 Å². The molecule has 1 amide bonds. The summed E-state index contributed by atoms with van der Waals surface area (Å²) in [6, 6.07) is 8.57. The van der Waals surface area contributed by atoms with E-state index in [1.807, 2.05) is 19.9 Å². The lowest BCUT2D eigenvalue weighted by Gasteiger charge is -2.12. The average Bonchev–Trinajstić information content (AvgIpc) is 2.73. The van der Waals surface area contributed by atoms with Crippen molar-refractivity contribution in [1.29, 1.82) is 0 Å². The molecule has 0 radical (unpaired) electrons. The van der Waals surface area contributed by atoms with Gasteiger partial charge in [-0.1, -0.05) is 6.92 Å². The molecule has 156 valence electrons. The zero-order valence-corrected chi connectivity index (χ0v) is 18.5. The van der Waals surface area contributed by atoms with Crippen LogP contribution in [-0.4, -0.2) is 39.6 Å². The number of methoxy groups -OCH3 is 2. The number of nitrogens with one attached hydrogen (secondary N) is 1. The van der Waals surface area contributed by atoms with Gasteiger partial charge in [-0.2, -0.15) is 5.10 Å². The largest absolute Gasteiger partial charge is 0.493 e. The number of hydrazone groups is 1. The molecule has 0 aliphatic rings. The van der Waals surface area contributed by atoms with Gasteiger partial charge in [-0.25, -0.2) is 5.43 Å². The van der Waals surface area contributed by atoms with E-state index in [2.05, 4.69) is 26.5 Å². The third-order valence-electron chi connectivity index (χ3n) is 3.81. The Morgan fingerprint density at radius 2 is 1.83 bits per heavy atom. The van der Waals surface area contributed by atoms with Crippen molar-refractivity contribution in [1.82, 2.24) is 5.43 Å². The van der Waals surface area contributed by atoms with Crippen molar-refractivity contribution < 1.29 is 23.7 Å². The smallest absolute Gasteiger partial charge is 0.271 e. The summed E-state index contributed by atoms with van der Waals surface area (Å²) in [6.07, 6.45) is 2.42. The summed E-state index contributed by atoms with van der Waals surface area (Å²) in [4.78, 5) is 12.4. The quantitative estimate of drug-likeness (QED) is 0.415. The highest BCUT2D eigenvalue weighted by Crippen LogP contribution is 2.36. The predicted molar refractivity (Wildman–Crippen MR) is 116 cm³/mol. The summed E-state index contributed by atoms with van der Waals surface area (Å²) in [5, 5.41) is 4.03. The topological polar surface area (TPSA) is 78.4 Å². The van der Waals surface area contributed by atoms with Crippen molar-refractivity contribution in [3.05, 3.63) is 45.9 Å². The lowest BCUT2D eigenvalue weighted by molar-refractivity contribution is 0.0954. The van der Waals surface area contributed by atoms with Crippen LogP contribution in [0.15, 0.2) is 39.9 Å². The van der Waals surface area contributed by atoms with Gasteiger partial charge in [-0.3, -0.25) is 4.79 Å². The summed E-state index contributed by atoms with van der Waals surface area (Å²) < 4.78 is 22.6. The number of carbonyl (C=O) groups excluding carboxylic acids is 1. The SMILES string of the molecule is CCCOc1c(Br)cc(/C=N/NC(=O)c2ccc(OCC)c(OC)c2)cc1OC. The molecule has 0 aliphatic carbocycles. The normalized spacial score (nSPS) is 10.7. The summed E-state index contributed by atoms with van der Waals surface area (Å²) >= 11 is 3.48. The first kappa shape index (κ1) is 22.5. The molecule has 2 rings (SSSR count). The third-order valence-corrected chi connectivity index (χ3v) is 4.40. The molecule has 0 aromatic heterocycles. The fraction of sp³-hybridized carbons (Fsp3) is 0.333. The van der Waals surface area contributed by atoms with Crippen LogP contribution < -0.4 is 24.4 Å². The van der Waals surface area contributed by atoms with Gasteiger partial charge < -0.3 is 18.9 Å². The van der Waals surface area contributed by atoms with Crippen molar-refractivity contribution in [3.8, 4) is 23.0 Å². The molecular formula is C21H25BrN2O5. The molecule has 0 unspecified atom stereocenters. The fourth-order valence-electron chi connectivity index (χ4n) is 2.47. The van der Waals surface area contributed by atoms with Crippen molar-refractivity contribution in [3.63, 3.8) is 0 Å². The number of amides is 1. The summed E-state index contributed by atoms with van der Waals surface area (Å²) in [5.41, 5.74) is 3.65. The molecular weight excluding hydrogens is 440 g/mol. The number of hydrogen-bond donors (Lipinski definition) is 1. The Morgan fingerprint density at radius 3 is 2.48 bits per heavy atom. The minimum Gasteiger partial charge on any atom is -0.493 e. The highest BCUT2D eigenvalue weighted by Gasteiger charge is 2.12. The highest BCUT2D eigenvalue weighted by molar-refractivity contribution is 9.10. The van der Waals surface area contributed by atoms with Gasteiger partial charge in [-0.05, 0) is 65.2 Å². The fourth-order valence-corrected chi connectivity index (χ4v) is 3.05. The van der Waals surface area contributed by atoms with Crippen LogP contribution in [0.25, 0.3) is 0 Å². The molecule has 2 aromatic rings. The zero-order valence-electron chi connectivity index (χ0n) is 17.0. The maximum Gasteiger partial charge on any atom is 0.271 e. The molecule has 0 aliphatic heterocycles. The van der Waals surface area contributed by atoms with E-state index in [0.717, 1.165) is 16.5 Å². The van der Waals surface area contributed by atoms with Crippen LogP contribution in [0.1, 0.15) is 36.2 Å². The van der Waals surface area contributed by atoms with Crippen molar-refractivity contribution in [2.24, 2.45) is 5.10 Å². The molecule has 7 nitrogen and oxygen atoms in total. The van der Waals surface area contributed by atoms with Crippen LogP contribution in [0.4, 0.5) is 0 Å². The van der Waals surface area contributed by atoms with E-state index in [9.17, 15) is 4.79 Å². The Kier molecular flexibility index (Phi) is 8.79. The minimum atomic E-state index is -0.364. The average molecular weight is 465 g/mol. The molecule has 0 atom stereocenters. The van der Waals surface area contributed by atoms with Gasteiger partial charge in [0.2, 0.25) is 0 Å². The van der Waals surface area contributed by atoms with Crippen molar-refractivity contribution in [2.75, 3.05) is 27.4 Å². The first-order valence-electron chi connectivity index (χ1n) is 9.18. The van der Waals surface area contributed by atoms with Crippen LogP contribution in [-0.2, 0) is 0 Å². The lowest BCUT2D eigenvalue weighted by Crippen LogP contribution is -2.17. The highest BCUT2D eigenvalue weighted by atomic mass is 79.9. The van der Waals surface area contributed by atoms with E-state index in [1.165, 1.54) is 13.3 Å². The standard InChI is InChI=1S/C21H25BrN2O5/c1-5-9-29-20-16(22)10-14(11-19(20)27-4)13-23-24-21(25)15-7-8-17(28-6-2)18(12-15)26-3/h7-8,10-13H,5-6,9H2,1-4H3,(H,24,25)/b23-13+. The molecule has 0 heterocycles. The molecule has 29 heavy (non-hydrogen) atoms. The van der Waals surface area contributed by atoms with Gasteiger partial charge in [0, 0.05) is 5.56 Å². The van der Waals surface area contributed by atoms with E-state index in [-0.39, 0.29) is 5.91 Å². The molecule has 0 saturated carbocycles. The summed E-state index contributed by atoms with van der Waals surface area (Å²) in [6.45, 7) is 5.01. The minimum absolute atomic E-state index is 0.364. The Labute approximate surface area is 179 Å². The van der Waals surface area contributed by atoms with E-state index in [0.29, 0.717) is 41.8 Å². The van der Waals surface area contributed by atoms with Crippen LogP contribution in [0.2, 0.25) is 0 Å². The zero-order chi connectivity index (χ0) is 21.2. The monoisotopic (exact) mass is 464 g/mol. The van der Waals surface area contributed by atoms with Gasteiger partial charge in [-0.15, -0.1) is 0 Å². The second-order valence-electron chi connectivity index (χ2n) is 5.88. The Bertz CT molecular complexity index is 870. The lowest BCUT2D eigenvalue weighted by atomic mass is 10.2. The van der Waals surface area contributed by atoms with E-state index in [1.54, 1.807) is 31.4 Å². The molecule has 0 bridgehead atoms. The maximum absolute atomic E-state index is 12.4. The van der Waals surface area contributed by atoms with Crippen LogP contribution in [0.5, 0.6) is 23.0 Å². The van der Waals surface area contributed by atoms with E-state index in [4.69, 9.17) is 18.9 Å². The van der Waals surface area contributed by atoms with E-state index < -0.39 is 0 Å². The molecule has 8 heteroatoms. The number of benzene rings is 2. The first-order valence-corrected chi connectivity index (χ1v) is 9.97. The number of halogens is 1. The Balaban J connectivity index is 2.11. The van der Waals surface area contributed by atoms with Crippen molar-refractivity contribution >= 4 is 28.1 Å². The molecule has 0 saturated heterocycles. The molecule has 0 fully saturated rings. The number of ether oxygens (including phenoxy) is 4. The third kappa shape index (κ3) is 6.12. The predicted octanol–water partition coefficient (Wildman–Crippen LogP) is 4.42. The number of rotatable bonds is 10. The van der Waals surface area contributed by atoms with Crippen LogP contribution in [0.3, 0.4) is 0 Å². The van der Waals surface area contributed by atoms with Gasteiger partial charge in [0.25, 0.3) is 5.91 Å². The summed E-state index contributed by atoms with van der Waals surface area (Å²) in [7, 11) is 3.10. The first-order chi connectivity index (χ1) is 14.0. The Morgan fingerprint density at radius 1 is 1.07 bits per heavy atom. The van der Waals surface area contributed by atoms with Crippen molar-refractivity contribution in [2.45, 2.75) is 20.3 Å². The van der Waals surface area contributed by atoms with E-state index >= 15 is 0 Å². The number of hydrogen-bond acceptors (Lipinski definition) is 6. The molecule has 2 aromatic carbocycles. The molecule has 1 N–H and O–H groups in total. The van der Waals surface area contributed by atoms with Crippen LogP contribution >= 0.6 is 15.9 Å². The number of carbonyl (C=O) groups is 1. The number of nitrogens with zero attached hydrogens (tertiary/aromatic N) is 1. The van der Waals surface area contributed by atoms with Gasteiger partial charge in [0.15, 0.2) is 23.0 Å². The second kappa shape index (κ2) is 11.3. The van der Waals surface area contributed by atoms with Gasteiger partial charge in [0.05, 0.1) is 38.1 Å². The Hall–Kier alpha value is -2.74. The maximum atomic E-state index is 12.4. The van der Waals surface area contributed by atoms with Gasteiger partial charge in [0.1, 0.15) is 0 Å². The molecule has 0 spiro atoms. The van der Waals surface area contributed by atoms with Crippen LogP contribution in [0, 0.1) is 0 Å².